The summed E-state index contributed by atoms with van der Waals surface area (Å²) < 4.78 is 10.8. The summed E-state index contributed by atoms with van der Waals surface area (Å²) in [5.74, 6) is 1.24. The van der Waals surface area contributed by atoms with Crippen LogP contribution >= 0.6 is 0 Å². The third-order valence-corrected chi connectivity index (χ3v) is 2.98. The van der Waals surface area contributed by atoms with Gasteiger partial charge in [-0.1, -0.05) is 12.1 Å². The molecule has 0 heterocycles. The Morgan fingerprint density at radius 2 is 1.86 bits per heavy atom. The van der Waals surface area contributed by atoms with Crippen molar-refractivity contribution >= 4 is 12.6 Å². The molecule has 0 bridgehead atoms. The maximum Gasteiger partial charge on any atom is 0.488 e. The van der Waals surface area contributed by atoms with Gasteiger partial charge in [-0.2, -0.15) is 5.26 Å². The largest absolute Gasteiger partial charge is 0.496 e. The quantitative estimate of drug-likeness (QED) is 0.794. The molecule has 0 aliphatic carbocycles. The molecular formula is C15H14BNO4. The molecule has 5 nitrogen and oxygen atoms in total. The standard InChI is InChI=1S/C15H14BNO4/c1-20-15-7-2-11(9-17)8-12(15)10-21-14-5-3-13(4-6-14)16(18)19/h2-8,18-19H,10H2,1H3. The van der Waals surface area contributed by atoms with Crippen LogP contribution in [0.2, 0.25) is 0 Å². The van der Waals surface area contributed by atoms with Crippen LogP contribution in [0.4, 0.5) is 0 Å². The van der Waals surface area contributed by atoms with Crippen molar-refractivity contribution in [3.05, 3.63) is 53.6 Å². The molecule has 2 N–H and O–H groups in total. The van der Waals surface area contributed by atoms with Crippen LogP contribution in [-0.4, -0.2) is 24.3 Å². The lowest BCUT2D eigenvalue weighted by Crippen LogP contribution is -2.29. The molecule has 2 aromatic carbocycles. The summed E-state index contributed by atoms with van der Waals surface area (Å²) in [7, 11) is 0.0638. The Morgan fingerprint density at radius 1 is 1.14 bits per heavy atom. The van der Waals surface area contributed by atoms with E-state index in [0.29, 0.717) is 22.5 Å². The maximum atomic E-state index is 9.02. The molecule has 0 saturated carbocycles. The van der Waals surface area contributed by atoms with E-state index >= 15 is 0 Å². The van der Waals surface area contributed by atoms with Gasteiger partial charge in [-0.05, 0) is 35.8 Å². The molecular weight excluding hydrogens is 269 g/mol. The smallest absolute Gasteiger partial charge is 0.488 e. The number of ether oxygens (including phenoxy) is 2. The number of nitrogens with zero attached hydrogens (tertiary/aromatic N) is 1. The first-order valence-electron chi connectivity index (χ1n) is 6.30. The first-order valence-corrected chi connectivity index (χ1v) is 6.30. The fourth-order valence-electron chi connectivity index (χ4n) is 1.86. The van der Waals surface area contributed by atoms with Gasteiger partial charge in [0, 0.05) is 5.56 Å². The summed E-state index contributed by atoms with van der Waals surface area (Å²) >= 11 is 0. The van der Waals surface area contributed by atoms with Gasteiger partial charge < -0.3 is 19.5 Å². The fraction of sp³-hybridized carbons (Fsp3) is 0.133. The lowest BCUT2D eigenvalue weighted by Gasteiger charge is -2.11. The Labute approximate surface area is 123 Å². The van der Waals surface area contributed by atoms with E-state index in [2.05, 4.69) is 6.07 Å². The molecule has 0 atom stereocenters. The van der Waals surface area contributed by atoms with E-state index < -0.39 is 7.12 Å². The Balaban J connectivity index is 2.10. The molecule has 2 rings (SSSR count). The van der Waals surface area contributed by atoms with Crippen LogP contribution in [0, 0.1) is 11.3 Å². The number of nitriles is 1. The van der Waals surface area contributed by atoms with Gasteiger partial charge in [-0.15, -0.1) is 0 Å². The minimum Gasteiger partial charge on any atom is -0.496 e. The van der Waals surface area contributed by atoms with E-state index in [1.807, 2.05) is 0 Å². The van der Waals surface area contributed by atoms with Gasteiger partial charge in [-0.25, -0.2) is 0 Å². The second kappa shape index (κ2) is 6.79. The van der Waals surface area contributed by atoms with Gasteiger partial charge >= 0.3 is 7.12 Å². The van der Waals surface area contributed by atoms with Crippen LogP contribution < -0.4 is 14.9 Å². The molecule has 21 heavy (non-hydrogen) atoms. The fourth-order valence-corrected chi connectivity index (χ4v) is 1.86. The Bertz CT molecular complexity index is 650. The van der Waals surface area contributed by atoms with E-state index in [1.54, 1.807) is 49.6 Å². The minimum atomic E-state index is -1.49. The number of benzene rings is 2. The molecule has 0 spiro atoms. The molecule has 6 heteroatoms. The van der Waals surface area contributed by atoms with Crippen molar-refractivity contribution in [3.8, 4) is 17.6 Å². The van der Waals surface area contributed by atoms with E-state index in [4.69, 9.17) is 24.8 Å². The number of hydrogen-bond donors (Lipinski definition) is 2. The van der Waals surface area contributed by atoms with E-state index in [-0.39, 0.29) is 6.61 Å². The highest BCUT2D eigenvalue weighted by molar-refractivity contribution is 6.58. The zero-order chi connectivity index (χ0) is 15.2. The molecule has 0 amide bonds. The van der Waals surface area contributed by atoms with E-state index in [1.165, 1.54) is 0 Å². The normalized spacial score (nSPS) is 9.81. The maximum absolute atomic E-state index is 9.02. The summed E-state index contributed by atoms with van der Waals surface area (Å²) in [6.07, 6.45) is 0. The average Bonchev–Trinajstić information content (AvgIpc) is 2.52. The Hall–Kier alpha value is -2.49. The van der Waals surface area contributed by atoms with Crippen molar-refractivity contribution in [3.63, 3.8) is 0 Å². The Kier molecular flexibility index (Phi) is 4.83. The molecule has 0 aliphatic heterocycles. The van der Waals surface area contributed by atoms with Gasteiger partial charge in [0.1, 0.15) is 18.1 Å². The van der Waals surface area contributed by atoms with Gasteiger partial charge in [0.2, 0.25) is 0 Å². The summed E-state index contributed by atoms with van der Waals surface area (Å²) in [5, 5.41) is 26.9. The highest BCUT2D eigenvalue weighted by Crippen LogP contribution is 2.21. The first kappa shape index (κ1) is 14.9. The van der Waals surface area contributed by atoms with Crippen LogP contribution in [-0.2, 0) is 6.61 Å². The van der Waals surface area contributed by atoms with Gasteiger partial charge in [-0.3, -0.25) is 0 Å². The molecule has 0 fully saturated rings. The second-order valence-electron chi connectivity index (χ2n) is 4.37. The number of rotatable bonds is 5. The van der Waals surface area contributed by atoms with Crippen LogP contribution in [0.15, 0.2) is 42.5 Å². The van der Waals surface area contributed by atoms with Gasteiger partial charge in [0.25, 0.3) is 0 Å². The lowest BCUT2D eigenvalue weighted by molar-refractivity contribution is 0.296. The summed E-state index contributed by atoms with van der Waals surface area (Å²) in [5.41, 5.74) is 1.70. The zero-order valence-electron chi connectivity index (χ0n) is 11.5. The van der Waals surface area contributed by atoms with Gasteiger partial charge in [0.15, 0.2) is 0 Å². The molecule has 106 valence electrons. The molecule has 0 radical (unpaired) electrons. The van der Waals surface area contributed by atoms with E-state index in [0.717, 1.165) is 5.56 Å². The summed E-state index contributed by atoms with van der Waals surface area (Å²) in [6, 6.07) is 13.6. The van der Waals surface area contributed by atoms with Crippen LogP contribution in [0.5, 0.6) is 11.5 Å². The second-order valence-corrected chi connectivity index (χ2v) is 4.37. The minimum absolute atomic E-state index is 0.250. The van der Waals surface area contributed by atoms with Crippen molar-refractivity contribution in [2.75, 3.05) is 7.11 Å². The average molecular weight is 283 g/mol. The molecule has 0 aliphatic rings. The van der Waals surface area contributed by atoms with Crippen molar-refractivity contribution < 1.29 is 19.5 Å². The third kappa shape index (κ3) is 3.75. The summed E-state index contributed by atoms with van der Waals surface area (Å²) in [4.78, 5) is 0. The predicted octanol–water partition coefficient (Wildman–Crippen LogP) is 0.826. The third-order valence-electron chi connectivity index (χ3n) is 2.98. The molecule has 0 saturated heterocycles. The molecule has 2 aromatic rings. The topological polar surface area (TPSA) is 82.7 Å². The van der Waals surface area contributed by atoms with Crippen molar-refractivity contribution in [2.24, 2.45) is 0 Å². The monoisotopic (exact) mass is 283 g/mol. The van der Waals surface area contributed by atoms with Gasteiger partial charge in [0.05, 0.1) is 18.7 Å². The van der Waals surface area contributed by atoms with Crippen LogP contribution in [0.3, 0.4) is 0 Å². The molecule has 0 unspecified atom stereocenters. The predicted molar refractivity (Wildman–Crippen MR) is 78.3 cm³/mol. The lowest BCUT2D eigenvalue weighted by atomic mass is 9.80. The summed E-state index contributed by atoms with van der Waals surface area (Å²) in [6.45, 7) is 0.250. The van der Waals surface area contributed by atoms with Crippen molar-refractivity contribution in [2.45, 2.75) is 6.61 Å². The number of hydrogen-bond acceptors (Lipinski definition) is 5. The first-order chi connectivity index (χ1) is 10.1. The van der Waals surface area contributed by atoms with Crippen molar-refractivity contribution in [1.29, 1.82) is 5.26 Å². The zero-order valence-corrected chi connectivity index (χ0v) is 11.5. The van der Waals surface area contributed by atoms with E-state index in [9.17, 15) is 0 Å². The molecule has 0 aromatic heterocycles. The highest BCUT2D eigenvalue weighted by Gasteiger charge is 2.10. The van der Waals surface area contributed by atoms with Crippen LogP contribution in [0.25, 0.3) is 0 Å². The van der Waals surface area contributed by atoms with Crippen LogP contribution in [0.1, 0.15) is 11.1 Å². The number of methoxy groups -OCH3 is 1. The SMILES string of the molecule is COc1ccc(C#N)cc1COc1ccc(B(O)O)cc1. The van der Waals surface area contributed by atoms with Crippen molar-refractivity contribution in [1.82, 2.24) is 0 Å². The Morgan fingerprint density at radius 3 is 2.43 bits per heavy atom. The highest BCUT2D eigenvalue weighted by atomic mass is 16.5.